The van der Waals surface area contributed by atoms with Crippen LogP contribution >= 0.6 is 0 Å². The molecule has 0 saturated carbocycles. The van der Waals surface area contributed by atoms with E-state index in [2.05, 4.69) is 24.1 Å². The maximum absolute atomic E-state index is 9.12. The van der Waals surface area contributed by atoms with Gasteiger partial charge in [0.1, 0.15) is 0 Å². The zero-order valence-electron chi connectivity index (χ0n) is 11.7. The number of fused-ring (bicyclic) bond motifs is 1. The molecule has 0 unspecified atom stereocenters. The Labute approximate surface area is 113 Å². The Morgan fingerprint density at radius 2 is 2.05 bits per heavy atom. The molecule has 4 N–H and O–H groups in total. The molecule has 1 aromatic carbocycles. The number of aliphatic hydroxyl groups excluding tert-OH is 1. The van der Waals surface area contributed by atoms with Crippen LogP contribution < -0.4 is 11.1 Å². The van der Waals surface area contributed by atoms with Crippen molar-refractivity contribution in [1.82, 2.24) is 4.98 Å². The molecule has 0 radical (unpaired) electrons. The molecule has 0 atom stereocenters. The molecule has 4 nitrogen and oxygen atoms in total. The lowest BCUT2D eigenvalue weighted by Crippen LogP contribution is -2.32. The van der Waals surface area contributed by atoms with Crippen molar-refractivity contribution in [2.75, 3.05) is 17.7 Å². The zero-order chi connectivity index (χ0) is 14.0. The minimum atomic E-state index is -0.180. The van der Waals surface area contributed by atoms with Crippen LogP contribution in [0.25, 0.3) is 10.9 Å². The van der Waals surface area contributed by atoms with E-state index in [1.54, 1.807) is 0 Å². The molecule has 0 bridgehead atoms. The summed E-state index contributed by atoms with van der Waals surface area (Å²) in [4.78, 5) is 4.51. The van der Waals surface area contributed by atoms with E-state index in [4.69, 9.17) is 10.8 Å². The van der Waals surface area contributed by atoms with E-state index >= 15 is 0 Å². The first-order valence-corrected chi connectivity index (χ1v) is 6.47. The molecule has 0 spiro atoms. The Morgan fingerprint density at radius 3 is 2.74 bits per heavy atom. The Hall–Kier alpha value is -1.81. The van der Waals surface area contributed by atoms with Gasteiger partial charge < -0.3 is 16.2 Å². The summed E-state index contributed by atoms with van der Waals surface area (Å²) in [6.45, 7) is 6.26. The highest BCUT2D eigenvalue weighted by molar-refractivity contribution is 5.93. The van der Waals surface area contributed by atoms with E-state index in [1.165, 1.54) is 0 Å². The number of pyridine rings is 1. The van der Waals surface area contributed by atoms with Crippen LogP contribution in [0.1, 0.15) is 26.0 Å². The van der Waals surface area contributed by atoms with E-state index in [1.807, 2.05) is 31.2 Å². The van der Waals surface area contributed by atoms with Gasteiger partial charge >= 0.3 is 0 Å². The number of hydrogen-bond acceptors (Lipinski definition) is 4. The molecule has 102 valence electrons. The summed E-state index contributed by atoms with van der Waals surface area (Å²) in [6, 6.07) is 7.74. The fourth-order valence-electron chi connectivity index (χ4n) is 2.19. The van der Waals surface area contributed by atoms with Crippen LogP contribution in [-0.4, -0.2) is 22.2 Å². The summed E-state index contributed by atoms with van der Waals surface area (Å²) < 4.78 is 0. The van der Waals surface area contributed by atoms with Crippen LogP contribution in [0.3, 0.4) is 0 Å². The van der Waals surface area contributed by atoms with Crippen molar-refractivity contribution in [3.63, 3.8) is 0 Å². The predicted molar refractivity (Wildman–Crippen MR) is 80.3 cm³/mol. The lowest BCUT2D eigenvalue weighted by Gasteiger charge is -2.27. The van der Waals surface area contributed by atoms with Crippen molar-refractivity contribution in [2.24, 2.45) is 0 Å². The number of nitrogen functional groups attached to an aromatic ring is 1. The summed E-state index contributed by atoms with van der Waals surface area (Å²) in [7, 11) is 0. The second kappa shape index (κ2) is 5.05. The first-order valence-electron chi connectivity index (χ1n) is 6.47. The third kappa shape index (κ3) is 3.15. The van der Waals surface area contributed by atoms with Gasteiger partial charge in [0.05, 0.1) is 5.52 Å². The third-order valence-electron chi connectivity index (χ3n) is 3.17. The summed E-state index contributed by atoms with van der Waals surface area (Å²) in [5.41, 5.74) is 9.29. The molecule has 0 aliphatic rings. The number of rotatable bonds is 4. The van der Waals surface area contributed by atoms with Gasteiger partial charge in [0.15, 0.2) is 0 Å². The average molecular weight is 259 g/mol. The largest absolute Gasteiger partial charge is 0.399 e. The smallest absolute Gasteiger partial charge is 0.0727 e. The fraction of sp³-hybridized carbons (Fsp3) is 0.400. The van der Waals surface area contributed by atoms with E-state index in [9.17, 15) is 0 Å². The summed E-state index contributed by atoms with van der Waals surface area (Å²) >= 11 is 0. The van der Waals surface area contributed by atoms with Crippen molar-refractivity contribution >= 4 is 22.3 Å². The highest BCUT2D eigenvalue weighted by atomic mass is 16.3. The van der Waals surface area contributed by atoms with Crippen molar-refractivity contribution in [3.8, 4) is 0 Å². The van der Waals surface area contributed by atoms with Crippen LogP contribution in [0.5, 0.6) is 0 Å². The van der Waals surface area contributed by atoms with Gasteiger partial charge in [0.25, 0.3) is 0 Å². The first kappa shape index (κ1) is 13.6. The van der Waals surface area contributed by atoms with Crippen molar-refractivity contribution in [1.29, 1.82) is 0 Å². The van der Waals surface area contributed by atoms with Gasteiger partial charge in [-0.25, -0.2) is 0 Å². The summed E-state index contributed by atoms with van der Waals surface area (Å²) in [6.07, 6.45) is 0.679. The number of hydrogen-bond donors (Lipinski definition) is 3. The molecular formula is C15H21N3O. The number of nitrogens with zero attached hydrogens (tertiary/aromatic N) is 1. The van der Waals surface area contributed by atoms with Crippen LogP contribution in [-0.2, 0) is 0 Å². The molecule has 0 amide bonds. The second-order valence-electron chi connectivity index (χ2n) is 5.57. The molecular weight excluding hydrogens is 238 g/mol. The van der Waals surface area contributed by atoms with Gasteiger partial charge in [0, 0.05) is 34.6 Å². The van der Waals surface area contributed by atoms with Crippen molar-refractivity contribution in [3.05, 3.63) is 30.0 Å². The summed E-state index contributed by atoms with van der Waals surface area (Å²) in [5.74, 6) is 0. The van der Waals surface area contributed by atoms with E-state index in [0.29, 0.717) is 6.42 Å². The molecule has 4 heteroatoms. The number of aryl methyl sites for hydroxylation is 1. The average Bonchev–Trinajstić information content (AvgIpc) is 2.29. The van der Waals surface area contributed by atoms with Crippen molar-refractivity contribution in [2.45, 2.75) is 32.7 Å². The van der Waals surface area contributed by atoms with Gasteiger partial charge in [-0.1, -0.05) is 0 Å². The van der Waals surface area contributed by atoms with Gasteiger partial charge in [0.2, 0.25) is 0 Å². The van der Waals surface area contributed by atoms with E-state index in [0.717, 1.165) is 28.0 Å². The standard InChI is InChI=1S/C15H21N3O/c1-10-8-14(18-15(2,3)6-7-19)12-9-11(16)4-5-13(12)17-10/h4-5,8-9,19H,6-7,16H2,1-3H3,(H,17,18). The van der Waals surface area contributed by atoms with Gasteiger partial charge in [-0.2, -0.15) is 0 Å². The molecule has 1 aromatic heterocycles. The second-order valence-corrected chi connectivity index (χ2v) is 5.57. The Kier molecular flexibility index (Phi) is 3.62. The third-order valence-corrected chi connectivity index (χ3v) is 3.17. The minimum Gasteiger partial charge on any atom is -0.399 e. The molecule has 0 saturated heterocycles. The van der Waals surface area contributed by atoms with Crippen LogP contribution in [0.2, 0.25) is 0 Å². The quantitative estimate of drug-likeness (QED) is 0.738. The molecule has 19 heavy (non-hydrogen) atoms. The number of aromatic nitrogens is 1. The highest BCUT2D eigenvalue weighted by Crippen LogP contribution is 2.28. The molecule has 0 fully saturated rings. The van der Waals surface area contributed by atoms with Crippen LogP contribution in [0, 0.1) is 6.92 Å². The Bertz CT molecular complexity index is 593. The number of nitrogens with one attached hydrogen (secondary N) is 1. The molecule has 2 rings (SSSR count). The van der Waals surface area contributed by atoms with Gasteiger partial charge in [-0.15, -0.1) is 0 Å². The normalized spacial score (nSPS) is 11.8. The maximum atomic E-state index is 9.12. The fourth-order valence-corrected chi connectivity index (χ4v) is 2.19. The van der Waals surface area contributed by atoms with E-state index < -0.39 is 0 Å². The minimum absolute atomic E-state index is 0.157. The molecule has 0 aliphatic carbocycles. The number of anilines is 2. The highest BCUT2D eigenvalue weighted by Gasteiger charge is 2.18. The van der Waals surface area contributed by atoms with Crippen LogP contribution in [0.4, 0.5) is 11.4 Å². The molecule has 0 aliphatic heterocycles. The topological polar surface area (TPSA) is 71.2 Å². The number of nitrogens with two attached hydrogens (primary N) is 1. The number of benzene rings is 1. The molecule has 2 aromatic rings. The SMILES string of the molecule is Cc1cc(NC(C)(C)CCO)c2cc(N)ccc2n1. The Morgan fingerprint density at radius 1 is 1.32 bits per heavy atom. The molecule has 1 heterocycles. The van der Waals surface area contributed by atoms with Gasteiger partial charge in [-0.05, 0) is 51.5 Å². The Balaban J connectivity index is 2.49. The summed E-state index contributed by atoms with van der Waals surface area (Å²) in [5, 5.41) is 13.6. The first-order chi connectivity index (χ1) is 8.91. The van der Waals surface area contributed by atoms with E-state index in [-0.39, 0.29) is 12.1 Å². The lowest BCUT2D eigenvalue weighted by molar-refractivity contribution is 0.261. The van der Waals surface area contributed by atoms with Crippen molar-refractivity contribution < 1.29 is 5.11 Å². The zero-order valence-corrected chi connectivity index (χ0v) is 11.7. The number of aliphatic hydroxyl groups is 1. The van der Waals surface area contributed by atoms with Crippen LogP contribution in [0.15, 0.2) is 24.3 Å². The monoisotopic (exact) mass is 259 g/mol. The predicted octanol–water partition coefficient (Wildman–Crippen LogP) is 2.70. The lowest BCUT2D eigenvalue weighted by atomic mass is 10.00. The maximum Gasteiger partial charge on any atom is 0.0727 e. The van der Waals surface area contributed by atoms with Gasteiger partial charge in [-0.3, -0.25) is 4.98 Å².